The molecule has 2 aromatic carbocycles. The van der Waals surface area contributed by atoms with Crippen molar-refractivity contribution in [2.75, 3.05) is 19.7 Å². The molecule has 0 saturated carbocycles. The number of aromatic nitrogens is 2. The van der Waals surface area contributed by atoms with Crippen LogP contribution in [0, 0.1) is 27.7 Å². The lowest BCUT2D eigenvalue weighted by molar-refractivity contribution is -0.155. The van der Waals surface area contributed by atoms with E-state index in [0.717, 1.165) is 61.1 Å². The molecule has 0 unspecified atom stereocenters. The van der Waals surface area contributed by atoms with Gasteiger partial charge in [-0.15, -0.1) is 0 Å². The summed E-state index contributed by atoms with van der Waals surface area (Å²) in [4.78, 5) is 38.2. The molecular formula is C33H36Cl2N4O5. The number of carboxylic acid groups (broad SMARTS) is 1. The molecular weight excluding hydrogens is 603 g/mol. The minimum Gasteiger partial charge on any atom is -0.494 e. The zero-order valence-electron chi connectivity index (χ0n) is 25.5. The molecule has 2 amide bonds. The second-order valence-electron chi connectivity index (χ2n) is 11.6. The molecule has 2 N–H and O–H groups in total. The average Bonchev–Trinajstić information content (AvgIpc) is 3.65. The monoisotopic (exact) mass is 638 g/mol. The third kappa shape index (κ3) is 6.08. The minimum atomic E-state index is -1.50. The van der Waals surface area contributed by atoms with Crippen LogP contribution in [0.4, 0.5) is 0 Å². The first kappa shape index (κ1) is 31.6. The van der Waals surface area contributed by atoms with Gasteiger partial charge in [0.1, 0.15) is 5.75 Å². The first-order chi connectivity index (χ1) is 20.9. The number of nitrogens with one attached hydrogen (secondary N) is 1. The largest absolute Gasteiger partial charge is 0.494 e. The van der Waals surface area contributed by atoms with Crippen LogP contribution in [0.1, 0.15) is 52.9 Å². The molecule has 5 rings (SSSR count). The van der Waals surface area contributed by atoms with Crippen molar-refractivity contribution in [2.24, 2.45) is 7.05 Å². The number of carbonyl (C=O) groups is 3. The zero-order chi connectivity index (χ0) is 31.9. The lowest BCUT2D eigenvalue weighted by Gasteiger charge is -2.16. The Bertz CT molecular complexity index is 1690. The van der Waals surface area contributed by atoms with Crippen LogP contribution in [0.5, 0.6) is 5.75 Å². The number of allylic oxidation sites excluding steroid dienone is 1. The van der Waals surface area contributed by atoms with Crippen molar-refractivity contribution in [1.29, 1.82) is 0 Å². The smallest absolute Gasteiger partial charge is 0.394 e. The van der Waals surface area contributed by atoms with Gasteiger partial charge in [0, 0.05) is 65.0 Å². The minimum absolute atomic E-state index is 0.158. The molecule has 1 aliphatic carbocycles. The van der Waals surface area contributed by atoms with E-state index in [1.807, 2.05) is 63.7 Å². The quantitative estimate of drug-likeness (QED) is 0.245. The first-order valence-electron chi connectivity index (χ1n) is 14.6. The molecule has 2 aliphatic rings. The van der Waals surface area contributed by atoms with Gasteiger partial charge in [-0.05, 0) is 93.0 Å². The SMILES string of the molecule is Cc1cc(OCCCC2=C(C(=O)N[C@H]3CCN(C(=O)C(=O)O)C3)Cc3c2ccc(Cl)c3-c2c(C)nn(C)c2C)cc(C)c1Cl. The van der Waals surface area contributed by atoms with Gasteiger partial charge in [-0.25, -0.2) is 4.79 Å². The Labute approximate surface area is 266 Å². The number of halogens is 2. The number of fused-ring (bicyclic) bond motifs is 1. The maximum absolute atomic E-state index is 13.8. The second-order valence-corrected chi connectivity index (χ2v) is 12.4. The number of amides is 2. The van der Waals surface area contributed by atoms with Gasteiger partial charge in [0.05, 0.1) is 12.3 Å². The number of benzene rings is 2. The van der Waals surface area contributed by atoms with E-state index in [0.29, 0.717) is 42.9 Å². The van der Waals surface area contributed by atoms with Gasteiger partial charge in [-0.3, -0.25) is 14.3 Å². The van der Waals surface area contributed by atoms with E-state index in [1.165, 1.54) is 4.90 Å². The number of rotatable bonds is 8. The van der Waals surface area contributed by atoms with Crippen LogP contribution >= 0.6 is 23.2 Å². The van der Waals surface area contributed by atoms with Gasteiger partial charge in [-0.2, -0.15) is 5.10 Å². The summed E-state index contributed by atoms with van der Waals surface area (Å²) in [5.74, 6) is -1.92. The van der Waals surface area contributed by atoms with E-state index < -0.39 is 11.9 Å². The van der Waals surface area contributed by atoms with Crippen LogP contribution in [0.2, 0.25) is 10.0 Å². The van der Waals surface area contributed by atoms with Crippen molar-refractivity contribution >= 4 is 46.6 Å². The third-order valence-corrected chi connectivity index (χ3v) is 9.49. The van der Waals surface area contributed by atoms with Gasteiger partial charge < -0.3 is 20.1 Å². The molecule has 232 valence electrons. The predicted octanol–water partition coefficient (Wildman–Crippen LogP) is 5.60. The summed E-state index contributed by atoms with van der Waals surface area (Å²) in [5, 5.41) is 18.1. The molecule has 1 fully saturated rings. The molecule has 44 heavy (non-hydrogen) atoms. The molecule has 1 aromatic heterocycles. The Morgan fingerprint density at radius 1 is 1.09 bits per heavy atom. The summed E-state index contributed by atoms with van der Waals surface area (Å²) in [6, 6.07) is 7.36. The maximum atomic E-state index is 13.8. The van der Waals surface area contributed by atoms with Crippen molar-refractivity contribution in [1.82, 2.24) is 20.0 Å². The number of aliphatic carboxylic acids is 1. The molecule has 11 heteroatoms. The fourth-order valence-corrected chi connectivity index (χ4v) is 6.72. The van der Waals surface area contributed by atoms with Crippen molar-refractivity contribution in [3.63, 3.8) is 0 Å². The number of likely N-dealkylation sites (tertiary alicyclic amines) is 1. The highest BCUT2D eigenvalue weighted by Gasteiger charge is 2.34. The van der Waals surface area contributed by atoms with Crippen molar-refractivity contribution in [2.45, 2.75) is 59.4 Å². The van der Waals surface area contributed by atoms with E-state index in [9.17, 15) is 14.4 Å². The summed E-state index contributed by atoms with van der Waals surface area (Å²) in [7, 11) is 1.90. The van der Waals surface area contributed by atoms with Crippen LogP contribution in [0.3, 0.4) is 0 Å². The Morgan fingerprint density at radius 2 is 1.80 bits per heavy atom. The van der Waals surface area contributed by atoms with Gasteiger partial charge in [-0.1, -0.05) is 29.3 Å². The third-order valence-electron chi connectivity index (χ3n) is 8.58. The fraction of sp³-hybridized carbons (Fsp3) is 0.394. The van der Waals surface area contributed by atoms with Crippen LogP contribution in [-0.2, 0) is 27.9 Å². The molecule has 0 bridgehead atoms. The normalized spacial score (nSPS) is 16.0. The van der Waals surface area contributed by atoms with Gasteiger partial charge in [0.15, 0.2) is 0 Å². The predicted molar refractivity (Wildman–Crippen MR) is 170 cm³/mol. The molecule has 1 aliphatic heterocycles. The van der Waals surface area contributed by atoms with E-state index in [2.05, 4.69) is 10.4 Å². The van der Waals surface area contributed by atoms with Crippen molar-refractivity contribution < 1.29 is 24.2 Å². The van der Waals surface area contributed by atoms with E-state index >= 15 is 0 Å². The Morgan fingerprint density at radius 3 is 2.43 bits per heavy atom. The van der Waals surface area contributed by atoms with Gasteiger partial charge >= 0.3 is 11.9 Å². The molecule has 9 nitrogen and oxygen atoms in total. The summed E-state index contributed by atoms with van der Waals surface area (Å²) in [6.45, 7) is 8.74. The van der Waals surface area contributed by atoms with Crippen molar-refractivity contribution in [3.8, 4) is 16.9 Å². The number of carbonyl (C=O) groups excluding carboxylic acids is 2. The van der Waals surface area contributed by atoms with Crippen molar-refractivity contribution in [3.05, 3.63) is 73.5 Å². The molecule has 2 heterocycles. The first-order valence-corrected chi connectivity index (χ1v) is 15.4. The van der Waals surface area contributed by atoms with Crippen LogP contribution in [0.15, 0.2) is 29.8 Å². The Kier molecular flexibility index (Phi) is 9.09. The molecule has 0 spiro atoms. The molecule has 1 atom stereocenters. The van der Waals surface area contributed by atoms with E-state index in [1.54, 1.807) is 0 Å². The number of hydrogen-bond donors (Lipinski definition) is 2. The lowest BCUT2D eigenvalue weighted by atomic mass is 9.93. The Hall–Kier alpha value is -3.82. The topological polar surface area (TPSA) is 114 Å². The molecule has 1 saturated heterocycles. The fourth-order valence-electron chi connectivity index (χ4n) is 6.34. The van der Waals surface area contributed by atoms with Gasteiger partial charge in [0.25, 0.3) is 0 Å². The molecule has 0 radical (unpaired) electrons. The average molecular weight is 640 g/mol. The van der Waals surface area contributed by atoms with E-state index in [4.69, 9.17) is 33.0 Å². The van der Waals surface area contributed by atoms with Crippen LogP contribution in [-0.4, -0.2) is 63.3 Å². The van der Waals surface area contributed by atoms with Crippen LogP contribution < -0.4 is 10.1 Å². The summed E-state index contributed by atoms with van der Waals surface area (Å²) < 4.78 is 7.91. The number of carboxylic acids is 1. The van der Waals surface area contributed by atoms with Gasteiger partial charge in [0.2, 0.25) is 5.91 Å². The van der Waals surface area contributed by atoms with Crippen LogP contribution in [0.25, 0.3) is 16.7 Å². The standard InChI is InChI=1S/C33H36Cl2N4O5/c1-17-13-22(14-18(2)30(17)35)44-12-6-7-23-24-8-9-27(34)29(28-19(3)37-38(5)20(28)4)25(24)15-26(23)31(40)36-21-10-11-39(16-21)32(41)33(42)43/h8-9,13-14,21H,6-7,10-12,15-16H2,1-5H3,(H,36,40)(H,42,43)/t21-/m0/s1. The second kappa shape index (κ2) is 12.7. The zero-order valence-corrected chi connectivity index (χ0v) is 27.0. The molecule has 3 aromatic rings. The van der Waals surface area contributed by atoms with E-state index in [-0.39, 0.29) is 25.0 Å². The highest BCUT2D eigenvalue weighted by atomic mass is 35.5. The summed E-state index contributed by atoms with van der Waals surface area (Å²) in [5.41, 5.74) is 9.12. The number of ether oxygens (including phenoxy) is 1. The highest BCUT2D eigenvalue weighted by molar-refractivity contribution is 6.34. The Balaban J connectivity index is 1.42. The summed E-state index contributed by atoms with van der Waals surface area (Å²) in [6.07, 6.45) is 2.14. The number of hydrogen-bond acceptors (Lipinski definition) is 5. The highest BCUT2D eigenvalue weighted by Crippen LogP contribution is 2.45. The number of aryl methyl sites for hydroxylation is 4. The maximum Gasteiger partial charge on any atom is 0.394 e. The lowest BCUT2D eigenvalue weighted by Crippen LogP contribution is -2.40. The summed E-state index contributed by atoms with van der Waals surface area (Å²) >= 11 is 13.2. The number of nitrogens with zero attached hydrogens (tertiary/aromatic N) is 3.